The van der Waals surface area contributed by atoms with Crippen LogP contribution in [0.1, 0.15) is 102 Å². The van der Waals surface area contributed by atoms with Crippen LogP contribution in [-0.2, 0) is 0 Å². The molecule has 0 unspecified atom stereocenters. The molecule has 0 saturated heterocycles. The lowest BCUT2D eigenvalue weighted by Gasteiger charge is -2.32. The molecule has 0 N–H and O–H groups in total. The predicted molar refractivity (Wildman–Crippen MR) is 139 cm³/mol. The fourth-order valence-electron chi connectivity index (χ4n) is 6.22. The number of unbranched alkanes of at least 4 members (excludes halogenated alkanes) is 1. The van der Waals surface area contributed by atoms with Crippen molar-refractivity contribution in [2.24, 2.45) is 17.8 Å². The Bertz CT molecular complexity index is 901. The van der Waals surface area contributed by atoms with Crippen molar-refractivity contribution in [3.05, 3.63) is 53.9 Å². The van der Waals surface area contributed by atoms with Crippen molar-refractivity contribution < 1.29 is 9.13 Å². The lowest BCUT2D eigenvalue weighted by molar-refractivity contribution is 0.245. The minimum Gasteiger partial charge on any atom is -0.494 e. The lowest BCUT2D eigenvalue weighted by atomic mass is 9.74. The molecular formula is C31H43FO. The van der Waals surface area contributed by atoms with Gasteiger partial charge in [0.15, 0.2) is 0 Å². The van der Waals surface area contributed by atoms with Crippen molar-refractivity contribution in [3.8, 4) is 5.75 Å². The molecule has 2 aromatic carbocycles. The Morgan fingerprint density at radius 3 is 2.24 bits per heavy atom. The molecule has 0 aromatic heterocycles. The molecule has 2 saturated carbocycles. The minimum absolute atomic E-state index is 0.0104. The van der Waals surface area contributed by atoms with Gasteiger partial charge in [-0.1, -0.05) is 50.5 Å². The van der Waals surface area contributed by atoms with Crippen LogP contribution in [0.5, 0.6) is 5.75 Å². The summed E-state index contributed by atoms with van der Waals surface area (Å²) in [6.45, 7) is 4.86. The molecule has 0 radical (unpaired) electrons. The zero-order valence-corrected chi connectivity index (χ0v) is 20.8. The van der Waals surface area contributed by atoms with Gasteiger partial charge in [0.1, 0.15) is 11.6 Å². The second-order valence-corrected chi connectivity index (χ2v) is 10.6. The van der Waals surface area contributed by atoms with E-state index in [-0.39, 0.29) is 5.82 Å². The van der Waals surface area contributed by atoms with Gasteiger partial charge in [0.2, 0.25) is 0 Å². The third-order valence-electron chi connectivity index (χ3n) is 8.29. The van der Waals surface area contributed by atoms with Gasteiger partial charge in [0.05, 0.1) is 6.61 Å². The Morgan fingerprint density at radius 2 is 1.58 bits per heavy atom. The third kappa shape index (κ3) is 6.40. The molecule has 0 aliphatic heterocycles. The number of allylic oxidation sites excluding steroid dienone is 2. The summed E-state index contributed by atoms with van der Waals surface area (Å²) >= 11 is 0. The topological polar surface area (TPSA) is 9.23 Å². The van der Waals surface area contributed by atoms with Crippen LogP contribution in [0.25, 0.3) is 10.8 Å². The van der Waals surface area contributed by atoms with E-state index in [9.17, 15) is 0 Å². The minimum atomic E-state index is -0.0104. The maximum Gasteiger partial charge on any atom is 0.134 e. The van der Waals surface area contributed by atoms with Crippen LogP contribution in [-0.4, -0.2) is 6.61 Å². The standard InChI is InChI=1S/C31H43FO/c1-3-5-6-7-23-8-10-24(11-9-23)12-13-25-14-16-26(17-15-25)29-20-18-27-22-28(33-4-2)19-21-30(27)31(29)32/h6-7,18-26H,3-5,8-17H2,1-2H3/b7-6+. The van der Waals surface area contributed by atoms with Crippen molar-refractivity contribution in [1.29, 1.82) is 0 Å². The molecule has 2 fully saturated rings. The van der Waals surface area contributed by atoms with Crippen LogP contribution in [0.4, 0.5) is 4.39 Å². The first-order valence-electron chi connectivity index (χ1n) is 13.7. The van der Waals surface area contributed by atoms with Gasteiger partial charge in [-0.15, -0.1) is 0 Å². The van der Waals surface area contributed by atoms with E-state index in [2.05, 4.69) is 25.1 Å². The van der Waals surface area contributed by atoms with Crippen LogP contribution >= 0.6 is 0 Å². The predicted octanol–water partition coefficient (Wildman–Crippen LogP) is 9.59. The lowest BCUT2D eigenvalue weighted by Crippen LogP contribution is -2.17. The number of fused-ring (bicyclic) bond motifs is 1. The van der Waals surface area contributed by atoms with Gasteiger partial charge >= 0.3 is 0 Å². The van der Waals surface area contributed by atoms with Crippen LogP contribution in [0.3, 0.4) is 0 Å². The Balaban J connectivity index is 1.24. The number of hydrogen-bond acceptors (Lipinski definition) is 1. The first-order chi connectivity index (χ1) is 16.2. The molecule has 2 aliphatic rings. The normalized spacial score (nSPS) is 26.2. The van der Waals surface area contributed by atoms with E-state index in [1.807, 2.05) is 31.2 Å². The molecule has 2 aromatic rings. The summed E-state index contributed by atoms with van der Waals surface area (Å²) in [5.41, 5.74) is 0.930. The number of benzene rings is 2. The van der Waals surface area contributed by atoms with Gasteiger partial charge in [-0.2, -0.15) is 0 Å². The maximum absolute atomic E-state index is 15.3. The van der Waals surface area contributed by atoms with E-state index in [1.165, 1.54) is 64.2 Å². The third-order valence-corrected chi connectivity index (χ3v) is 8.29. The zero-order chi connectivity index (χ0) is 23.0. The molecule has 0 spiro atoms. The summed E-state index contributed by atoms with van der Waals surface area (Å²) < 4.78 is 20.9. The summed E-state index contributed by atoms with van der Waals surface area (Å²) in [5.74, 6) is 3.81. The monoisotopic (exact) mass is 450 g/mol. The van der Waals surface area contributed by atoms with Crippen molar-refractivity contribution in [2.75, 3.05) is 6.61 Å². The second-order valence-electron chi connectivity index (χ2n) is 10.6. The van der Waals surface area contributed by atoms with Gasteiger partial charge < -0.3 is 4.74 Å². The van der Waals surface area contributed by atoms with Gasteiger partial charge in [-0.05, 0) is 118 Å². The first-order valence-corrected chi connectivity index (χ1v) is 13.7. The largest absolute Gasteiger partial charge is 0.494 e. The number of ether oxygens (including phenoxy) is 1. The van der Waals surface area contributed by atoms with E-state index in [0.717, 1.165) is 52.7 Å². The fourth-order valence-corrected chi connectivity index (χ4v) is 6.22. The van der Waals surface area contributed by atoms with Crippen molar-refractivity contribution in [3.63, 3.8) is 0 Å². The number of rotatable bonds is 9. The van der Waals surface area contributed by atoms with Crippen molar-refractivity contribution in [1.82, 2.24) is 0 Å². The Labute approximate surface area is 200 Å². The van der Waals surface area contributed by atoms with Gasteiger partial charge in [0.25, 0.3) is 0 Å². The average molecular weight is 451 g/mol. The molecule has 0 heterocycles. The van der Waals surface area contributed by atoms with Crippen LogP contribution in [0.2, 0.25) is 0 Å². The first kappa shape index (κ1) is 24.3. The summed E-state index contributed by atoms with van der Waals surface area (Å²) in [5, 5.41) is 1.67. The molecule has 180 valence electrons. The summed E-state index contributed by atoms with van der Waals surface area (Å²) in [6, 6.07) is 9.85. The molecule has 1 nitrogen and oxygen atoms in total. The Hall–Kier alpha value is -1.83. The molecule has 2 aliphatic carbocycles. The smallest absolute Gasteiger partial charge is 0.134 e. The Morgan fingerprint density at radius 1 is 0.879 bits per heavy atom. The highest BCUT2D eigenvalue weighted by Gasteiger charge is 2.26. The van der Waals surface area contributed by atoms with Crippen LogP contribution in [0.15, 0.2) is 42.5 Å². The second kappa shape index (κ2) is 12.0. The molecule has 0 atom stereocenters. The van der Waals surface area contributed by atoms with Gasteiger partial charge in [0, 0.05) is 5.39 Å². The van der Waals surface area contributed by atoms with Gasteiger partial charge in [-0.3, -0.25) is 0 Å². The number of halogens is 1. The van der Waals surface area contributed by atoms with Gasteiger partial charge in [-0.25, -0.2) is 4.39 Å². The molecule has 4 rings (SSSR count). The van der Waals surface area contributed by atoms with E-state index in [1.54, 1.807) is 0 Å². The molecule has 0 amide bonds. The van der Waals surface area contributed by atoms with E-state index >= 15 is 4.39 Å². The zero-order valence-electron chi connectivity index (χ0n) is 20.8. The quantitative estimate of drug-likeness (QED) is 0.345. The highest BCUT2D eigenvalue weighted by atomic mass is 19.1. The van der Waals surface area contributed by atoms with E-state index in [4.69, 9.17) is 4.74 Å². The molecule has 2 heteroatoms. The molecule has 0 bridgehead atoms. The van der Waals surface area contributed by atoms with E-state index < -0.39 is 0 Å². The van der Waals surface area contributed by atoms with Crippen LogP contribution < -0.4 is 4.74 Å². The summed E-state index contributed by atoms with van der Waals surface area (Å²) in [6.07, 6.45) is 20.6. The molecule has 33 heavy (non-hydrogen) atoms. The van der Waals surface area contributed by atoms with Crippen molar-refractivity contribution >= 4 is 10.8 Å². The highest BCUT2D eigenvalue weighted by molar-refractivity contribution is 5.85. The Kier molecular flexibility index (Phi) is 8.87. The maximum atomic E-state index is 15.3. The highest BCUT2D eigenvalue weighted by Crippen LogP contribution is 2.41. The number of hydrogen-bond donors (Lipinski definition) is 0. The van der Waals surface area contributed by atoms with Crippen molar-refractivity contribution in [2.45, 2.75) is 96.8 Å². The summed E-state index contributed by atoms with van der Waals surface area (Å²) in [4.78, 5) is 0. The van der Waals surface area contributed by atoms with Crippen LogP contribution in [0, 0.1) is 23.6 Å². The summed E-state index contributed by atoms with van der Waals surface area (Å²) in [7, 11) is 0. The van der Waals surface area contributed by atoms with E-state index in [0.29, 0.717) is 12.5 Å². The SMILES string of the molecule is CCC/C=C/C1CCC(CCC2CCC(c3ccc4cc(OCC)ccc4c3F)CC2)CC1. The average Bonchev–Trinajstić information content (AvgIpc) is 2.85. The molecular weight excluding hydrogens is 407 g/mol. The fraction of sp³-hybridized carbons (Fsp3) is 0.613.